The lowest BCUT2D eigenvalue weighted by molar-refractivity contribution is 0.174. The largest absolute Gasteiger partial charge is 0.454 e. The molecule has 4 rings (SSSR count). The minimum Gasteiger partial charge on any atom is -0.454 e. The minimum atomic E-state index is 0.268. The Kier molecular flexibility index (Phi) is 2.36. The molecular weight excluding hydrogens is 252 g/mol. The highest BCUT2D eigenvalue weighted by Crippen LogP contribution is 2.36. The van der Waals surface area contributed by atoms with Gasteiger partial charge in [-0.1, -0.05) is 30.3 Å². The van der Waals surface area contributed by atoms with Crippen LogP contribution in [0.5, 0.6) is 11.5 Å². The minimum absolute atomic E-state index is 0.268. The van der Waals surface area contributed by atoms with E-state index in [4.69, 9.17) is 9.47 Å². The van der Waals surface area contributed by atoms with Crippen LogP contribution in [-0.4, -0.2) is 16.8 Å². The standard InChI is InChI=1S/C16H12N2O2/c1-10-12-7-14-15(20-9-19-14)8-13(12)18-16(17-10)11-5-3-2-4-6-11/h2-8H,9H2,1H3. The average molecular weight is 264 g/mol. The van der Waals surface area contributed by atoms with E-state index in [1.165, 1.54) is 0 Å². The van der Waals surface area contributed by atoms with Gasteiger partial charge in [0.2, 0.25) is 6.79 Å². The summed E-state index contributed by atoms with van der Waals surface area (Å²) in [6.07, 6.45) is 0. The maximum Gasteiger partial charge on any atom is 0.231 e. The third-order valence-electron chi connectivity index (χ3n) is 3.41. The molecule has 0 unspecified atom stereocenters. The molecule has 0 amide bonds. The normalized spacial score (nSPS) is 12.8. The van der Waals surface area contributed by atoms with Crippen molar-refractivity contribution in [3.63, 3.8) is 0 Å². The molecule has 3 aromatic rings. The van der Waals surface area contributed by atoms with E-state index >= 15 is 0 Å². The quantitative estimate of drug-likeness (QED) is 0.676. The van der Waals surface area contributed by atoms with E-state index in [0.717, 1.165) is 39.5 Å². The molecular formula is C16H12N2O2. The van der Waals surface area contributed by atoms with E-state index < -0.39 is 0 Å². The van der Waals surface area contributed by atoms with Gasteiger partial charge in [-0.05, 0) is 13.0 Å². The topological polar surface area (TPSA) is 44.2 Å². The SMILES string of the molecule is Cc1nc(-c2ccccc2)nc2cc3c(cc12)OCO3. The van der Waals surface area contributed by atoms with Gasteiger partial charge >= 0.3 is 0 Å². The van der Waals surface area contributed by atoms with Crippen molar-refractivity contribution in [2.75, 3.05) is 6.79 Å². The fraction of sp³-hybridized carbons (Fsp3) is 0.125. The van der Waals surface area contributed by atoms with Crippen molar-refractivity contribution < 1.29 is 9.47 Å². The Bertz CT molecular complexity index is 800. The molecule has 20 heavy (non-hydrogen) atoms. The van der Waals surface area contributed by atoms with Gasteiger partial charge in [0.05, 0.1) is 5.52 Å². The number of hydrogen-bond acceptors (Lipinski definition) is 4. The second-order valence-electron chi connectivity index (χ2n) is 4.72. The third-order valence-corrected chi connectivity index (χ3v) is 3.41. The molecule has 1 aliphatic heterocycles. The maximum absolute atomic E-state index is 5.41. The zero-order chi connectivity index (χ0) is 13.5. The number of benzene rings is 2. The molecule has 0 radical (unpaired) electrons. The molecule has 0 saturated heterocycles. The molecule has 0 aliphatic carbocycles. The summed E-state index contributed by atoms with van der Waals surface area (Å²) in [5.74, 6) is 2.24. The van der Waals surface area contributed by atoms with Gasteiger partial charge in [-0.3, -0.25) is 0 Å². The molecule has 4 heteroatoms. The summed E-state index contributed by atoms with van der Waals surface area (Å²) in [6, 6.07) is 13.8. The van der Waals surface area contributed by atoms with Crippen LogP contribution in [0.2, 0.25) is 0 Å². The predicted molar refractivity (Wildman–Crippen MR) is 75.8 cm³/mol. The van der Waals surface area contributed by atoms with E-state index in [2.05, 4.69) is 9.97 Å². The summed E-state index contributed by atoms with van der Waals surface area (Å²) in [7, 11) is 0. The molecule has 2 heterocycles. The molecule has 0 atom stereocenters. The summed E-state index contributed by atoms with van der Waals surface area (Å²) >= 11 is 0. The van der Waals surface area contributed by atoms with Gasteiger partial charge in [0.25, 0.3) is 0 Å². The number of nitrogens with zero attached hydrogens (tertiary/aromatic N) is 2. The molecule has 0 N–H and O–H groups in total. The Hall–Kier alpha value is -2.62. The Morgan fingerprint density at radius 3 is 2.50 bits per heavy atom. The van der Waals surface area contributed by atoms with Crippen molar-refractivity contribution in [2.24, 2.45) is 0 Å². The number of rotatable bonds is 1. The van der Waals surface area contributed by atoms with Crippen LogP contribution in [0.15, 0.2) is 42.5 Å². The summed E-state index contributed by atoms with van der Waals surface area (Å²) in [5.41, 5.74) is 2.82. The smallest absolute Gasteiger partial charge is 0.231 e. The van der Waals surface area contributed by atoms with Gasteiger partial charge < -0.3 is 9.47 Å². The molecule has 1 aliphatic rings. The molecule has 2 aromatic carbocycles. The Morgan fingerprint density at radius 2 is 1.70 bits per heavy atom. The van der Waals surface area contributed by atoms with Gasteiger partial charge in [0, 0.05) is 22.7 Å². The highest BCUT2D eigenvalue weighted by molar-refractivity contribution is 5.86. The monoisotopic (exact) mass is 264 g/mol. The van der Waals surface area contributed by atoms with Gasteiger partial charge in [-0.15, -0.1) is 0 Å². The second kappa shape index (κ2) is 4.20. The zero-order valence-corrected chi connectivity index (χ0v) is 11.0. The summed E-state index contributed by atoms with van der Waals surface area (Å²) in [4.78, 5) is 9.23. The van der Waals surface area contributed by atoms with Crippen LogP contribution >= 0.6 is 0 Å². The zero-order valence-electron chi connectivity index (χ0n) is 11.0. The van der Waals surface area contributed by atoms with Crippen LogP contribution in [0.3, 0.4) is 0 Å². The van der Waals surface area contributed by atoms with E-state index in [-0.39, 0.29) is 6.79 Å². The highest BCUT2D eigenvalue weighted by Gasteiger charge is 2.16. The average Bonchev–Trinajstić information content (AvgIpc) is 2.93. The first-order valence-corrected chi connectivity index (χ1v) is 6.45. The van der Waals surface area contributed by atoms with Crippen LogP contribution in [0.4, 0.5) is 0 Å². The van der Waals surface area contributed by atoms with E-state index in [9.17, 15) is 0 Å². The van der Waals surface area contributed by atoms with Crippen molar-refractivity contribution in [3.05, 3.63) is 48.2 Å². The lowest BCUT2D eigenvalue weighted by atomic mass is 10.1. The fourth-order valence-corrected chi connectivity index (χ4v) is 2.39. The first-order chi connectivity index (χ1) is 9.81. The molecule has 4 nitrogen and oxygen atoms in total. The second-order valence-corrected chi connectivity index (χ2v) is 4.72. The van der Waals surface area contributed by atoms with Crippen LogP contribution in [0.25, 0.3) is 22.3 Å². The number of aryl methyl sites for hydroxylation is 1. The predicted octanol–water partition coefficient (Wildman–Crippen LogP) is 3.33. The molecule has 98 valence electrons. The molecule has 0 fully saturated rings. The van der Waals surface area contributed by atoms with Crippen molar-refractivity contribution >= 4 is 10.9 Å². The van der Waals surface area contributed by atoms with Crippen LogP contribution in [-0.2, 0) is 0 Å². The molecule has 1 aromatic heterocycles. The number of aromatic nitrogens is 2. The van der Waals surface area contributed by atoms with Crippen LogP contribution in [0, 0.1) is 6.92 Å². The van der Waals surface area contributed by atoms with E-state index in [1.807, 2.05) is 49.4 Å². The summed E-state index contributed by atoms with van der Waals surface area (Å²) < 4.78 is 10.8. The van der Waals surface area contributed by atoms with Gasteiger partial charge in [-0.2, -0.15) is 0 Å². The highest BCUT2D eigenvalue weighted by atomic mass is 16.7. The Morgan fingerprint density at radius 1 is 0.950 bits per heavy atom. The van der Waals surface area contributed by atoms with Crippen LogP contribution < -0.4 is 9.47 Å². The van der Waals surface area contributed by atoms with Gasteiger partial charge in [0.1, 0.15) is 0 Å². The first kappa shape index (κ1) is 11.2. The Labute approximate surface area is 116 Å². The van der Waals surface area contributed by atoms with Crippen molar-refractivity contribution in [1.29, 1.82) is 0 Å². The number of ether oxygens (including phenoxy) is 2. The van der Waals surface area contributed by atoms with E-state index in [1.54, 1.807) is 0 Å². The Balaban J connectivity index is 1.96. The number of fused-ring (bicyclic) bond motifs is 2. The summed E-state index contributed by atoms with van der Waals surface area (Å²) in [6.45, 7) is 2.25. The van der Waals surface area contributed by atoms with E-state index in [0.29, 0.717) is 0 Å². The summed E-state index contributed by atoms with van der Waals surface area (Å²) in [5, 5.41) is 0.994. The van der Waals surface area contributed by atoms with Gasteiger partial charge in [0.15, 0.2) is 17.3 Å². The number of hydrogen-bond donors (Lipinski definition) is 0. The van der Waals surface area contributed by atoms with Crippen molar-refractivity contribution in [1.82, 2.24) is 9.97 Å². The lowest BCUT2D eigenvalue weighted by Crippen LogP contribution is -1.94. The van der Waals surface area contributed by atoms with Crippen molar-refractivity contribution in [2.45, 2.75) is 6.92 Å². The fourth-order valence-electron chi connectivity index (χ4n) is 2.39. The van der Waals surface area contributed by atoms with Gasteiger partial charge in [-0.25, -0.2) is 9.97 Å². The third kappa shape index (κ3) is 1.69. The maximum atomic E-state index is 5.41. The first-order valence-electron chi connectivity index (χ1n) is 6.45. The molecule has 0 saturated carbocycles. The molecule has 0 bridgehead atoms. The molecule has 0 spiro atoms. The van der Waals surface area contributed by atoms with Crippen molar-refractivity contribution in [3.8, 4) is 22.9 Å². The van der Waals surface area contributed by atoms with Crippen LogP contribution in [0.1, 0.15) is 5.69 Å². The lowest BCUT2D eigenvalue weighted by Gasteiger charge is -2.06.